The average molecular weight is 434 g/mol. The van der Waals surface area contributed by atoms with Crippen LogP contribution in [0.3, 0.4) is 0 Å². The minimum atomic E-state index is -0.442. The van der Waals surface area contributed by atoms with Gasteiger partial charge >= 0.3 is 0 Å². The Kier molecular flexibility index (Phi) is 5.47. The van der Waals surface area contributed by atoms with Crippen LogP contribution >= 0.6 is 23.4 Å². The number of hydrogen-bond donors (Lipinski definition) is 0. The van der Waals surface area contributed by atoms with E-state index in [1.807, 2.05) is 26.8 Å². The van der Waals surface area contributed by atoms with Gasteiger partial charge in [0.05, 0.1) is 22.1 Å². The van der Waals surface area contributed by atoms with Crippen molar-refractivity contribution in [2.45, 2.75) is 37.2 Å². The quantitative estimate of drug-likeness (QED) is 0.334. The van der Waals surface area contributed by atoms with Crippen molar-refractivity contribution in [1.29, 1.82) is 0 Å². The topological polar surface area (TPSA) is 74.2 Å². The van der Waals surface area contributed by atoms with E-state index in [2.05, 4.69) is 15.0 Å². The largest absolute Gasteiger partial charge is 0.476 e. The molecule has 0 radical (unpaired) electrons. The van der Waals surface area contributed by atoms with E-state index in [-0.39, 0.29) is 11.6 Å². The van der Waals surface area contributed by atoms with Gasteiger partial charge in [0.25, 0.3) is 5.71 Å². The van der Waals surface area contributed by atoms with E-state index < -0.39 is 5.82 Å². The Labute approximate surface area is 175 Å². The molecule has 0 bridgehead atoms. The van der Waals surface area contributed by atoms with Gasteiger partial charge < -0.3 is 13.6 Å². The number of aryl methyl sites for hydroxylation is 2. The van der Waals surface area contributed by atoms with Gasteiger partial charge in [-0.1, -0.05) is 18.5 Å². The first-order valence-electron chi connectivity index (χ1n) is 8.96. The van der Waals surface area contributed by atoms with Gasteiger partial charge in [-0.05, 0) is 56.3 Å². The molecule has 9 heteroatoms. The summed E-state index contributed by atoms with van der Waals surface area (Å²) < 4.78 is 30.8. The average Bonchev–Trinajstić information content (AvgIpc) is 3.24. The first-order chi connectivity index (χ1) is 13.9. The number of oxazole rings is 1. The molecule has 0 aliphatic heterocycles. The maximum Gasteiger partial charge on any atom is 0.255 e. The first-order valence-corrected chi connectivity index (χ1v) is 10.2. The minimum Gasteiger partial charge on any atom is -0.476 e. The number of halogens is 2. The summed E-state index contributed by atoms with van der Waals surface area (Å²) in [5.41, 5.74) is 0.932. The molecule has 3 heterocycles. The van der Waals surface area contributed by atoms with Gasteiger partial charge in [0.1, 0.15) is 17.3 Å². The Morgan fingerprint density at radius 3 is 2.69 bits per heavy atom. The number of ether oxygens (including phenoxy) is 1. The molecule has 0 saturated carbocycles. The highest BCUT2D eigenvalue weighted by atomic mass is 35.5. The Hall–Kier alpha value is -2.58. The summed E-state index contributed by atoms with van der Waals surface area (Å²) in [6.45, 7) is 6.21. The van der Waals surface area contributed by atoms with Crippen molar-refractivity contribution in [3.05, 3.63) is 46.6 Å². The molecular weight excluding hydrogens is 417 g/mol. The predicted molar refractivity (Wildman–Crippen MR) is 108 cm³/mol. The first kappa shape index (κ1) is 19.7. The van der Waals surface area contributed by atoms with E-state index in [4.69, 9.17) is 25.2 Å². The Bertz CT molecular complexity index is 1190. The van der Waals surface area contributed by atoms with Gasteiger partial charge in [0.2, 0.25) is 11.8 Å². The van der Waals surface area contributed by atoms with E-state index in [0.717, 1.165) is 22.8 Å². The van der Waals surface area contributed by atoms with Crippen molar-refractivity contribution in [2.75, 3.05) is 6.61 Å². The Morgan fingerprint density at radius 1 is 1.14 bits per heavy atom. The van der Waals surface area contributed by atoms with Crippen LogP contribution in [0, 0.1) is 19.7 Å². The fourth-order valence-electron chi connectivity index (χ4n) is 2.71. The van der Waals surface area contributed by atoms with Crippen LogP contribution in [0.5, 0.6) is 5.88 Å². The summed E-state index contributed by atoms with van der Waals surface area (Å²) in [4.78, 5) is 14.3. The van der Waals surface area contributed by atoms with E-state index in [0.29, 0.717) is 33.7 Å². The second kappa shape index (κ2) is 8.04. The lowest BCUT2D eigenvalue weighted by atomic mass is 10.2. The van der Waals surface area contributed by atoms with Crippen LogP contribution < -0.4 is 4.74 Å². The summed E-state index contributed by atoms with van der Waals surface area (Å²) in [6.07, 6.45) is 0.800. The summed E-state index contributed by atoms with van der Waals surface area (Å²) in [7, 11) is 0. The third-order valence-electron chi connectivity index (χ3n) is 4.00. The molecule has 0 saturated heterocycles. The predicted octanol–water partition coefficient (Wildman–Crippen LogP) is 6.23. The molecule has 6 nitrogen and oxygen atoms in total. The molecule has 3 aromatic heterocycles. The Balaban J connectivity index is 1.80. The third-order valence-corrected chi connectivity index (χ3v) is 5.32. The molecule has 0 amide bonds. The van der Waals surface area contributed by atoms with E-state index in [1.54, 1.807) is 0 Å². The molecule has 0 aliphatic carbocycles. The van der Waals surface area contributed by atoms with E-state index >= 15 is 0 Å². The highest BCUT2D eigenvalue weighted by Crippen LogP contribution is 2.36. The molecule has 0 unspecified atom stereocenters. The smallest absolute Gasteiger partial charge is 0.255 e. The van der Waals surface area contributed by atoms with Gasteiger partial charge in [0.15, 0.2) is 10.7 Å². The number of rotatable bonds is 6. The molecule has 4 aromatic rings. The summed E-state index contributed by atoms with van der Waals surface area (Å²) in [5.74, 6) is 1.59. The van der Waals surface area contributed by atoms with Crippen molar-refractivity contribution >= 4 is 34.6 Å². The molecule has 0 spiro atoms. The molecule has 0 N–H and O–H groups in total. The second-order valence-electron chi connectivity index (χ2n) is 6.34. The van der Waals surface area contributed by atoms with E-state index in [1.165, 1.54) is 30.0 Å². The van der Waals surface area contributed by atoms with Gasteiger partial charge in [-0.2, -0.15) is 9.97 Å². The van der Waals surface area contributed by atoms with Crippen LogP contribution in [0.25, 0.3) is 22.7 Å². The van der Waals surface area contributed by atoms with Gasteiger partial charge in [0, 0.05) is 0 Å². The van der Waals surface area contributed by atoms with Crippen LogP contribution in [0.15, 0.2) is 43.2 Å². The monoisotopic (exact) mass is 433 g/mol. The Morgan fingerprint density at radius 2 is 1.97 bits per heavy atom. The van der Waals surface area contributed by atoms with Gasteiger partial charge in [-0.3, -0.25) is 0 Å². The van der Waals surface area contributed by atoms with Crippen molar-refractivity contribution in [3.63, 3.8) is 0 Å². The second-order valence-corrected chi connectivity index (χ2v) is 7.75. The molecule has 0 fully saturated rings. The molecule has 150 valence electrons. The maximum absolute atomic E-state index is 13.7. The third kappa shape index (κ3) is 4.09. The van der Waals surface area contributed by atoms with Gasteiger partial charge in [-0.25, -0.2) is 9.37 Å². The summed E-state index contributed by atoms with van der Waals surface area (Å²) in [6, 6.07) is 5.90. The zero-order valence-electron chi connectivity index (χ0n) is 16.0. The van der Waals surface area contributed by atoms with Crippen LogP contribution in [0.1, 0.15) is 24.9 Å². The number of fused-ring (bicyclic) bond motifs is 1. The number of nitrogens with zero attached hydrogens (tertiary/aromatic N) is 3. The standard InChI is InChI=1S/C20H17ClFN3O3S/c1-4-7-26-18-16-19(25-20(24-18)29-15-8-10(2)27-11(15)3)28-17(23-16)13-9-12(22)5-6-14(13)21/h5-6,8-9H,4,7H2,1-3H3. The molecule has 4 rings (SSSR count). The zero-order valence-corrected chi connectivity index (χ0v) is 17.5. The number of furan rings is 1. The molecular formula is C20H17ClFN3O3S. The fraction of sp³-hybridized carbons (Fsp3) is 0.250. The highest BCUT2D eigenvalue weighted by Gasteiger charge is 2.20. The van der Waals surface area contributed by atoms with Crippen molar-refractivity contribution in [1.82, 2.24) is 15.0 Å². The van der Waals surface area contributed by atoms with Crippen LogP contribution in [-0.4, -0.2) is 21.6 Å². The van der Waals surface area contributed by atoms with E-state index in [9.17, 15) is 4.39 Å². The zero-order chi connectivity index (χ0) is 20.5. The van der Waals surface area contributed by atoms with Crippen molar-refractivity contribution < 1.29 is 18.0 Å². The number of aromatic nitrogens is 3. The normalized spacial score (nSPS) is 11.3. The van der Waals surface area contributed by atoms with Crippen LogP contribution in [-0.2, 0) is 0 Å². The lowest BCUT2D eigenvalue weighted by Crippen LogP contribution is -2.00. The molecule has 0 atom stereocenters. The lowest BCUT2D eigenvalue weighted by molar-refractivity contribution is 0.305. The minimum absolute atomic E-state index is 0.151. The maximum atomic E-state index is 13.7. The highest BCUT2D eigenvalue weighted by molar-refractivity contribution is 7.99. The summed E-state index contributed by atoms with van der Waals surface area (Å²) in [5, 5.41) is 0.751. The number of hydrogen-bond acceptors (Lipinski definition) is 7. The summed E-state index contributed by atoms with van der Waals surface area (Å²) >= 11 is 7.53. The van der Waals surface area contributed by atoms with Crippen molar-refractivity contribution in [2.24, 2.45) is 0 Å². The van der Waals surface area contributed by atoms with Crippen molar-refractivity contribution in [3.8, 4) is 17.3 Å². The molecule has 0 aliphatic rings. The molecule has 1 aromatic carbocycles. The number of benzene rings is 1. The van der Waals surface area contributed by atoms with Crippen LogP contribution in [0.4, 0.5) is 4.39 Å². The fourth-order valence-corrected chi connectivity index (χ4v) is 3.77. The molecule has 29 heavy (non-hydrogen) atoms. The SMILES string of the molecule is CCCOc1nc(Sc2cc(C)oc2C)nc2oc(-c3cc(F)ccc3Cl)nc12. The van der Waals surface area contributed by atoms with Crippen LogP contribution in [0.2, 0.25) is 5.02 Å². The van der Waals surface area contributed by atoms with Gasteiger partial charge in [-0.15, -0.1) is 0 Å². The lowest BCUT2D eigenvalue weighted by Gasteiger charge is -2.05.